The van der Waals surface area contributed by atoms with Gasteiger partial charge in [-0.2, -0.15) is 0 Å². The molecule has 0 spiro atoms. The molecule has 0 aromatic heterocycles. The molecule has 394 valence electrons. The Bertz CT molecular complexity index is 1410. The molecule has 11 unspecified atom stereocenters. The minimum Gasteiger partial charge on any atom is -0.394 e. The molecule has 0 saturated carbocycles. The molecular formula is C40H73NO26. The van der Waals surface area contributed by atoms with E-state index in [4.69, 9.17) is 53.1 Å². The molecule has 0 aliphatic carbocycles. The van der Waals surface area contributed by atoms with Gasteiger partial charge in [0.25, 0.3) is 0 Å². The van der Waals surface area contributed by atoms with Crippen molar-refractivity contribution < 1.29 is 129 Å². The number of hydrogen-bond acceptors (Lipinski definition) is 27. The molecule has 5 heterocycles. The molecule has 5 aliphatic heterocycles. The zero-order chi connectivity index (χ0) is 49.3. The maximum Gasteiger partial charge on any atom is 0.188 e. The van der Waals surface area contributed by atoms with Crippen LogP contribution in [0.4, 0.5) is 0 Å². The molecule has 0 amide bonds. The number of rotatable bonds is 23. The van der Waals surface area contributed by atoms with Crippen LogP contribution in [0.3, 0.4) is 0 Å². The Kier molecular flexibility index (Phi) is 22.5. The van der Waals surface area contributed by atoms with Crippen molar-refractivity contribution in [1.82, 2.24) is 0 Å². The van der Waals surface area contributed by atoms with E-state index in [1.165, 1.54) is 0 Å². The van der Waals surface area contributed by atoms with Crippen LogP contribution in [-0.4, -0.2) is 274 Å². The average Bonchev–Trinajstić information content (AvgIpc) is 3.31. The van der Waals surface area contributed by atoms with Crippen molar-refractivity contribution in [2.24, 2.45) is 5.73 Å². The van der Waals surface area contributed by atoms with Gasteiger partial charge in [-0.15, -0.1) is 0 Å². The highest BCUT2D eigenvalue weighted by Crippen LogP contribution is 2.36. The number of aliphatic hydroxyl groups is 16. The monoisotopic (exact) mass is 983 g/mol. The number of unbranched alkanes of at least 4 members (excludes halogenated alkanes) is 6. The first kappa shape index (κ1) is 56.8. The van der Waals surface area contributed by atoms with E-state index in [0.29, 0.717) is 12.8 Å². The van der Waals surface area contributed by atoms with Crippen LogP contribution in [0.15, 0.2) is 0 Å². The molecule has 5 saturated heterocycles. The molecule has 0 radical (unpaired) electrons. The standard InChI is InChI=1S/C40H73NO26/c1-2-3-4-5-6-7-8-9-20(41)63-37-30(56)32(24(50)18(13-45)59-37)64-38-31(57)33(25(51)19(14-46)60-38)65-39-35(28(54)23(49)16(11-43)61-39)67-40-34(27(53)22(48)17(12-44)62-40)66-36-29(55)26(52)21(47)15(10-42)58-36/h15-40,42-57H,2-14,41H2,1H3/t15?,16?,17?,18?,19?,20?,21-,22-,23-,24-,25-,26+,27+,28+,29?,30?,31?,32+,33+,34?,35?,36-,37-,38-,39-,40-/m1/s1. The Morgan fingerprint density at radius 1 is 0.358 bits per heavy atom. The lowest BCUT2D eigenvalue weighted by Crippen LogP contribution is -2.68. The predicted molar refractivity (Wildman–Crippen MR) is 216 cm³/mol. The van der Waals surface area contributed by atoms with E-state index in [2.05, 4.69) is 6.92 Å². The largest absolute Gasteiger partial charge is 0.394 e. The second kappa shape index (κ2) is 26.6. The number of hydrogen-bond donors (Lipinski definition) is 17. The molecule has 18 N–H and O–H groups in total. The van der Waals surface area contributed by atoms with Crippen LogP contribution in [0.1, 0.15) is 58.3 Å². The summed E-state index contributed by atoms with van der Waals surface area (Å²) >= 11 is 0. The van der Waals surface area contributed by atoms with E-state index in [9.17, 15) is 81.7 Å². The molecule has 5 aliphatic rings. The SMILES string of the molecule is CCCCCCCCCC(N)O[C@H]1OC(CO)[C@@H](O)[C@H](O[C@H]2OC(CO)[C@@H](O)[C@H](O[C@H]3OC(CO)[C@@H](O)[C@H](O)C3O[C@H]3OC(CO)[C@@H](O)[C@H](O)C3O[C@H]3OC(CO)[C@@H](O)[C@H](O)C3O)C2O)C1O. The van der Waals surface area contributed by atoms with Crippen molar-refractivity contribution in [1.29, 1.82) is 0 Å². The van der Waals surface area contributed by atoms with Crippen molar-refractivity contribution in [2.45, 2.75) is 218 Å². The number of ether oxygens (including phenoxy) is 10. The zero-order valence-corrected chi connectivity index (χ0v) is 37.0. The second-order valence-corrected chi connectivity index (χ2v) is 17.5. The summed E-state index contributed by atoms with van der Waals surface area (Å²) in [5, 5.41) is 171. The van der Waals surface area contributed by atoms with Crippen molar-refractivity contribution >= 4 is 0 Å². The van der Waals surface area contributed by atoms with Gasteiger partial charge >= 0.3 is 0 Å². The highest BCUT2D eigenvalue weighted by molar-refractivity contribution is 4.99. The summed E-state index contributed by atoms with van der Waals surface area (Å²) in [6, 6.07) is 0. The molecule has 0 aromatic rings. The Labute approximate surface area is 385 Å². The Hall–Kier alpha value is -1.08. The third-order valence-electron chi connectivity index (χ3n) is 12.7. The molecule has 27 heteroatoms. The van der Waals surface area contributed by atoms with Crippen molar-refractivity contribution in [3.05, 3.63) is 0 Å². The van der Waals surface area contributed by atoms with Gasteiger partial charge in [0.05, 0.1) is 33.0 Å². The van der Waals surface area contributed by atoms with Gasteiger partial charge in [0, 0.05) is 0 Å². The highest BCUT2D eigenvalue weighted by atomic mass is 16.8. The van der Waals surface area contributed by atoms with E-state index >= 15 is 0 Å². The minimum absolute atomic E-state index is 0.373. The normalized spacial score (nSPS) is 46.9. The van der Waals surface area contributed by atoms with Gasteiger partial charge in [-0.1, -0.05) is 45.4 Å². The zero-order valence-electron chi connectivity index (χ0n) is 37.0. The van der Waals surface area contributed by atoms with Gasteiger partial charge in [-0.25, -0.2) is 0 Å². The lowest BCUT2D eigenvalue weighted by molar-refractivity contribution is -0.407. The fraction of sp³-hybridized carbons (Fsp3) is 1.00. The summed E-state index contributed by atoms with van der Waals surface area (Å²) in [5.74, 6) is 0. The third-order valence-corrected chi connectivity index (χ3v) is 12.7. The highest BCUT2D eigenvalue weighted by Gasteiger charge is 2.57. The van der Waals surface area contributed by atoms with E-state index in [1.54, 1.807) is 0 Å². The topological polar surface area (TPSA) is 442 Å². The van der Waals surface area contributed by atoms with Crippen molar-refractivity contribution in [3.63, 3.8) is 0 Å². The summed E-state index contributed by atoms with van der Waals surface area (Å²) in [7, 11) is 0. The summed E-state index contributed by atoms with van der Waals surface area (Å²) in [5.41, 5.74) is 6.19. The van der Waals surface area contributed by atoms with E-state index in [1.807, 2.05) is 0 Å². The van der Waals surface area contributed by atoms with E-state index < -0.39 is 193 Å². The molecule has 67 heavy (non-hydrogen) atoms. The average molecular weight is 984 g/mol. The van der Waals surface area contributed by atoms with Crippen LogP contribution in [0.2, 0.25) is 0 Å². The van der Waals surface area contributed by atoms with Crippen LogP contribution >= 0.6 is 0 Å². The van der Waals surface area contributed by atoms with Crippen LogP contribution in [0.25, 0.3) is 0 Å². The van der Waals surface area contributed by atoms with Crippen LogP contribution in [0.5, 0.6) is 0 Å². The van der Waals surface area contributed by atoms with Gasteiger partial charge in [0.2, 0.25) is 0 Å². The molecule has 27 nitrogen and oxygen atoms in total. The van der Waals surface area contributed by atoms with Gasteiger partial charge in [-0.05, 0) is 12.8 Å². The summed E-state index contributed by atoms with van der Waals surface area (Å²) in [6.45, 7) is -2.45. The summed E-state index contributed by atoms with van der Waals surface area (Å²) in [4.78, 5) is 0. The molecule has 5 rings (SSSR count). The maximum absolute atomic E-state index is 11.7. The summed E-state index contributed by atoms with van der Waals surface area (Å²) < 4.78 is 57.2. The van der Waals surface area contributed by atoms with Crippen LogP contribution in [-0.2, 0) is 47.4 Å². The predicted octanol–water partition coefficient (Wildman–Crippen LogP) is -8.47. The first-order valence-electron chi connectivity index (χ1n) is 22.8. The first-order valence-corrected chi connectivity index (χ1v) is 22.8. The van der Waals surface area contributed by atoms with Crippen molar-refractivity contribution in [2.75, 3.05) is 33.0 Å². The van der Waals surface area contributed by atoms with Gasteiger partial charge < -0.3 is 135 Å². The number of aliphatic hydroxyl groups excluding tert-OH is 16. The Balaban J connectivity index is 1.35. The lowest BCUT2D eigenvalue weighted by Gasteiger charge is -2.50. The Morgan fingerprint density at radius 3 is 1.15 bits per heavy atom. The van der Waals surface area contributed by atoms with Gasteiger partial charge in [0.15, 0.2) is 31.5 Å². The molecule has 0 aromatic carbocycles. The van der Waals surface area contributed by atoms with E-state index in [0.717, 1.165) is 38.5 Å². The summed E-state index contributed by atoms with van der Waals surface area (Å²) in [6.07, 6.45) is -40.8. The van der Waals surface area contributed by atoms with E-state index in [-0.39, 0.29) is 0 Å². The fourth-order valence-corrected chi connectivity index (χ4v) is 8.62. The van der Waals surface area contributed by atoms with Crippen LogP contribution < -0.4 is 5.73 Å². The number of nitrogens with two attached hydrogens (primary N) is 1. The molecule has 26 atom stereocenters. The quantitative estimate of drug-likeness (QED) is 0.0334. The lowest BCUT2D eigenvalue weighted by atomic mass is 9.95. The van der Waals surface area contributed by atoms with Gasteiger partial charge in [-0.3, -0.25) is 0 Å². The second-order valence-electron chi connectivity index (χ2n) is 17.5. The smallest absolute Gasteiger partial charge is 0.188 e. The van der Waals surface area contributed by atoms with Crippen LogP contribution in [0, 0.1) is 0 Å². The molecular weight excluding hydrogens is 910 g/mol. The first-order chi connectivity index (χ1) is 32.0. The molecule has 5 fully saturated rings. The van der Waals surface area contributed by atoms with Gasteiger partial charge in [0.1, 0.15) is 128 Å². The third kappa shape index (κ3) is 13.5. The molecule has 0 bridgehead atoms. The fourth-order valence-electron chi connectivity index (χ4n) is 8.62. The minimum atomic E-state index is -2.16. The maximum atomic E-state index is 11.7. The van der Waals surface area contributed by atoms with Crippen molar-refractivity contribution in [3.8, 4) is 0 Å². The Morgan fingerprint density at radius 2 is 0.687 bits per heavy atom.